The molecule has 106 valence electrons. The van der Waals surface area contributed by atoms with Crippen LogP contribution >= 0.6 is 11.6 Å². The van der Waals surface area contributed by atoms with Gasteiger partial charge in [-0.15, -0.1) is 0 Å². The van der Waals surface area contributed by atoms with Gasteiger partial charge in [0.25, 0.3) is 0 Å². The fourth-order valence-corrected chi connectivity index (χ4v) is 1.46. The maximum Gasteiger partial charge on any atom is 0.433 e. The summed E-state index contributed by atoms with van der Waals surface area (Å²) in [6, 6.07) is 0.533. The van der Waals surface area contributed by atoms with Crippen LogP contribution in [0, 0.1) is 0 Å². The lowest BCUT2D eigenvalue weighted by molar-refractivity contribution is -0.141. The molecule has 0 radical (unpaired) electrons. The Hall–Kier alpha value is -2.09. The van der Waals surface area contributed by atoms with Crippen LogP contribution in [0.5, 0.6) is 0 Å². The number of esters is 1. The molecule has 2 heterocycles. The van der Waals surface area contributed by atoms with Gasteiger partial charge in [0.1, 0.15) is 5.69 Å². The lowest BCUT2D eigenvalue weighted by atomic mass is 10.2. The number of hydrogen-bond donors (Lipinski definition) is 0. The summed E-state index contributed by atoms with van der Waals surface area (Å²) in [5, 5.41) is -0.236. The van der Waals surface area contributed by atoms with Gasteiger partial charge in [-0.25, -0.2) is 9.78 Å². The molecule has 2 aromatic heterocycles. The standard InChI is InChI=1S/C11H6ClF3N2O3/c12-8-3-17-9(11(13,14)15)1-7(8)10(18)19-4-6-2-16-5-20-6/h1-3,5H,4H2. The molecule has 0 aromatic carbocycles. The number of pyridine rings is 1. The summed E-state index contributed by atoms with van der Waals surface area (Å²) >= 11 is 5.64. The van der Waals surface area contributed by atoms with Gasteiger partial charge in [-0.3, -0.25) is 4.98 Å². The Balaban J connectivity index is 2.16. The molecular weight excluding hydrogens is 301 g/mol. The van der Waals surface area contributed by atoms with E-state index in [0.29, 0.717) is 6.07 Å². The number of carbonyl (C=O) groups excluding carboxylic acids is 1. The Kier molecular flexibility index (Phi) is 3.93. The maximum absolute atomic E-state index is 12.5. The quantitative estimate of drug-likeness (QED) is 0.815. The maximum atomic E-state index is 12.5. The number of ether oxygens (including phenoxy) is 1. The van der Waals surface area contributed by atoms with Crippen LogP contribution in [0.4, 0.5) is 13.2 Å². The summed E-state index contributed by atoms with van der Waals surface area (Å²) in [5.41, 5.74) is -1.65. The Bertz CT molecular complexity index is 614. The van der Waals surface area contributed by atoms with Gasteiger partial charge in [-0.2, -0.15) is 13.2 Å². The first-order valence-corrected chi connectivity index (χ1v) is 5.53. The number of oxazole rings is 1. The first-order valence-electron chi connectivity index (χ1n) is 5.15. The van der Waals surface area contributed by atoms with E-state index in [4.69, 9.17) is 20.8 Å². The molecule has 0 fully saturated rings. The first-order chi connectivity index (χ1) is 9.38. The third-order valence-electron chi connectivity index (χ3n) is 2.19. The molecule has 0 bridgehead atoms. The number of halogens is 4. The van der Waals surface area contributed by atoms with Crippen molar-refractivity contribution in [2.45, 2.75) is 12.8 Å². The van der Waals surface area contributed by atoms with Gasteiger partial charge in [0, 0.05) is 6.20 Å². The summed E-state index contributed by atoms with van der Waals surface area (Å²) < 4.78 is 47.1. The van der Waals surface area contributed by atoms with Gasteiger partial charge in [0.15, 0.2) is 18.8 Å². The Labute approximate surface area is 115 Å². The second kappa shape index (κ2) is 5.49. The second-order valence-electron chi connectivity index (χ2n) is 3.59. The molecule has 9 heteroatoms. The highest BCUT2D eigenvalue weighted by molar-refractivity contribution is 6.33. The second-order valence-corrected chi connectivity index (χ2v) is 4.00. The van der Waals surface area contributed by atoms with Gasteiger partial charge in [0.05, 0.1) is 16.8 Å². The van der Waals surface area contributed by atoms with Gasteiger partial charge in [0.2, 0.25) is 0 Å². The van der Waals surface area contributed by atoms with E-state index in [9.17, 15) is 18.0 Å². The van der Waals surface area contributed by atoms with Gasteiger partial charge in [-0.05, 0) is 6.07 Å². The fourth-order valence-electron chi connectivity index (χ4n) is 1.28. The van der Waals surface area contributed by atoms with Crippen LogP contribution in [0.15, 0.2) is 29.3 Å². The summed E-state index contributed by atoms with van der Waals surface area (Å²) in [4.78, 5) is 18.4. The van der Waals surface area contributed by atoms with E-state index in [1.54, 1.807) is 0 Å². The van der Waals surface area contributed by atoms with E-state index in [1.807, 2.05) is 0 Å². The number of alkyl halides is 3. The number of nitrogens with zero attached hydrogens (tertiary/aromatic N) is 2. The zero-order valence-electron chi connectivity index (χ0n) is 9.65. The molecule has 0 saturated carbocycles. The van der Waals surface area contributed by atoms with Crippen molar-refractivity contribution in [3.05, 3.63) is 46.9 Å². The van der Waals surface area contributed by atoms with E-state index in [1.165, 1.54) is 6.20 Å². The van der Waals surface area contributed by atoms with Crippen molar-refractivity contribution in [2.75, 3.05) is 0 Å². The van der Waals surface area contributed by atoms with E-state index in [2.05, 4.69) is 9.97 Å². The minimum Gasteiger partial charge on any atom is -0.454 e. The van der Waals surface area contributed by atoms with Crippen molar-refractivity contribution in [1.82, 2.24) is 9.97 Å². The molecule has 0 amide bonds. The molecule has 0 unspecified atom stereocenters. The smallest absolute Gasteiger partial charge is 0.433 e. The average Bonchev–Trinajstić information content (AvgIpc) is 2.88. The average molecular weight is 307 g/mol. The highest BCUT2D eigenvalue weighted by Crippen LogP contribution is 2.30. The molecule has 2 aromatic rings. The summed E-state index contributed by atoms with van der Waals surface area (Å²) in [6.07, 6.45) is -1.49. The van der Waals surface area contributed by atoms with Crippen LogP contribution in [0.2, 0.25) is 5.02 Å². The van der Waals surface area contributed by atoms with Crippen LogP contribution in [0.3, 0.4) is 0 Å². The number of carbonyl (C=O) groups is 1. The summed E-state index contributed by atoms with van der Waals surface area (Å²) in [5.74, 6) is -0.765. The SMILES string of the molecule is O=C(OCc1cnco1)c1cc(C(F)(F)F)ncc1Cl. The van der Waals surface area contributed by atoms with Crippen LogP contribution in [0.1, 0.15) is 21.8 Å². The fraction of sp³-hybridized carbons (Fsp3) is 0.182. The topological polar surface area (TPSA) is 65.2 Å². The lowest BCUT2D eigenvalue weighted by Crippen LogP contribution is -2.12. The molecule has 0 aliphatic heterocycles. The Morgan fingerprint density at radius 1 is 1.40 bits per heavy atom. The minimum absolute atomic E-state index is 0.236. The predicted octanol–water partition coefficient (Wildman–Crippen LogP) is 3.10. The third kappa shape index (κ3) is 3.27. The van der Waals surface area contributed by atoms with Crippen LogP contribution in [0.25, 0.3) is 0 Å². The van der Waals surface area contributed by atoms with Crippen molar-refractivity contribution in [1.29, 1.82) is 0 Å². The predicted molar refractivity (Wildman–Crippen MR) is 59.9 cm³/mol. The molecule has 0 aliphatic carbocycles. The van der Waals surface area contributed by atoms with Crippen LogP contribution < -0.4 is 0 Å². The zero-order chi connectivity index (χ0) is 14.8. The molecule has 5 nitrogen and oxygen atoms in total. The molecule has 0 N–H and O–H groups in total. The highest BCUT2D eigenvalue weighted by atomic mass is 35.5. The molecular formula is C11H6ClF3N2O3. The summed E-state index contributed by atoms with van der Waals surface area (Å²) in [7, 11) is 0. The van der Waals surface area contributed by atoms with E-state index in [0.717, 1.165) is 12.6 Å². The lowest BCUT2D eigenvalue weighted by Gasteiger charge is -2.09. The van der Waals surface area contributed by atoms with Gasteiger partial charge < -0.3 is 9.15 Å². The van der Waals surface area contributed by atoms with E-state index < -0.39 is 23.4 Å². The van der Waals surface area contributed by atoms with Gasteiger partial charge in [-0.1, -0.05) is 11.6 Å². The van der Waals surface area contributed by atoms with Crippen LogP contribution in [-0.2, 0) is 17.5 Å². The van der Waals surface area contributed by atoms with Crippen molar-refractivity contribution in [2.24, 2.45) is 0 Å². The van der Waals surface area contributed by atoms with E-state index >= 15 is 0 Å². The number of rotatable bonds is 3. The third-order valence-corrected chi connectivity index (χ3v) is 2.50. The monoisotopic (exact) mass is 306 g/mol. The number of hydrogen-bond acceptors (Lipinski definition) is 5. The van der Waals surface area contributed by atoms with Crippen molar-refractivity contribution in [3.63, 3.8) is 0 Å². The molecule has 2 rings (SSSR count). The van der Waals surface area contributed by atoms with Crippen molar-refractivity contribution < 1.29 is 27.1 Å². The molecule has 0 saturated heterocycles. The summed E-state index contributed by atoms with van der Waals surface area (Å²) in [6.45, 7) is -0.265. The van der Waals surface area contributed by atoms with Crippen molar-refractivity contribution in [3.8, 4) is 0 Å². The van der Waals surface area contributed by atoms with E-state index in [-0.39, 0.29) is 17.4 Å². The normalized spacial score (nSPS) is 11.4. The van der Waals surface area contributed by atoms with Crippen molar-refractivity contribution >= 4 is 17.6 Å². The van der Waals surface area contributed by atoms with Gasteiger partial charge >= 0.3 is 12.1 Å². The molecule has 0 spiro atoms. The number of aromatic nitrogens is 2. The molecule has 0 aliphatic rings. The minimum atomic E-state index is -4.68. The Morgan fingerprint density at radius 2 is 2.15 bits per heavy atom. The Morgan fingerprint density at radius 3 is 2.75 bits per heavy atom. The zero-order valence-corrected chi connectivity index (χ0v) is 10.4. The highest BCUT2D eigenvalue weighted by Gasteiger charge is 2.33. The molecule has 0 atom stereocenters. The molecule has 20 heavy (non-hydrogen) atoms. The largest absolute Gasteiger partial charge is 0.454 e. The van der Waals surface area contributed by atoms with Crippen LogP contribution in [-0.4, -0.2) is 15.9 Å². The first kappa shape index (κ1) is 14.3.